The smallest absolute Gasteiger partial charge is 0.376 e. The van der Waals surface area contributed by atoms with Gasteiger partial charge in [-0.1, -0.05) is 0 Å². The second-order valence-corrected chi connectivity index (χ2v) is 2.22. The quantitative estimate of drug-likeness (QED) is 0.300. The van der Waals surface area contributed by atoms with Gasteiger partial charge in [0.05, 0.1) is 6.61 Å². The minimum Gasteiger partial charge on any atom is -0.500 e. The van der Waals surface area contributed by atoms with Gasteiger partial charge in [-0.05, 0) is 13.8 Å². The van der Waals surface area contributed by atoms with E-state index >= 15 is 0 Å². The van der Waals surface area contributed by atoms with Gasteiger partial charge in [-0.15, -0.1) is 0 Å². The number of esters is 1. The molecule has 0 aromatic carbocycles. The highest BCUT2D eigenvalue weighted by Gasteiger charge is 2.22. The van der Waals surface area contributed by atoms with Crippen molar-refractivity contribution in [3.63, 3.8) is 0 Å². The van der Waals surface area contributed by atoms with Crippen molar-refractivity contribution in [2.24, 2.45) is 0 Å². The van der Waals surface area contributed by atoms with Crippen molar-refractivity contribution in [3.8, 4) is 0 Å². The lowest BCUT2D eigenvalue weighted by Crippen LogP contribution is -2.18. The van der Waals surface area contributed by atoms with E-state index in [0.29, 0.717) is 0 Å². The summed E-state index contributed by atoms with van der Waals surface area (Å²) in [5.74, 6) is -3.96. The van der Waals surface area contributed by atoms with E-state index in [2.05, 4.69) is 9.47 Å². The van der Waals surface area contributed by atoms with Crippen molar-refractivity contribution in [1.82, 2.24) is 0 Å². The van der Waals surface area contributed by atoms with Crippen LogP contribution in [0.15, 0.2) is 11.6 Å². The Bertz CT molecular complexity index is 226. The molecule has 0 heterocycles. The molecule has 82 valence electrons. The molecule has 0 saturated carbocycles. The molecule has 5 nitrogen and oxygen atoms in total. The molecule has 0 saturated heterocycles. The number of aliphatic hydroxyl groups is 2. The minimum atomic E-state index is -1.94. The number of rotatable bonds is 5. The summed E-state index contributed by atoms with van der Waals surface area (Å²) in [5.41, 5.74) is 0. The summed E-state index contributed by atoms with van der Waals surface area (Å²) in [4.78, 5) is 10.8. The first kappa shape index (κ1) is 12.9. The van der Waals surface area contributed by atoms with E-state index in [1.807, 2.05) is 0 Å². The van der Waals surface area contributed by atoms with Crippen molar-refractivity contribution in [2.45, 2.75) is 20.1 Å². The van der Waals surface area contributed by atoms with E-state index in [1.165, 1.54) is 13.8 Å². The minimum absolute atomic E-state index is 0.000896. The fraction of sp³-hybridized carbons (Fsp3) is 0.625. The Kier molecular flexibility index (Phi) is 5.82. The molecule has 0 bridgehead atoms. The maximum atomic E-state index is 12.9. The van der Waals surface area contributed by atoms with Crippen LogP contribution in [0.25, 0.3) is 0 Å². The first-order valence-corrected chi connectivity index (χ1v) is 4.09. The van der Waals surface area contributed by atoms with Gasteiger partial charge in [-0.25, -0.2) is 9.18 Å². The lowest BCUT2D eigenvalue weighted by molar-refractivity contribution is -0.143. The lowest BCUT2D eigenvalue weighted by atomic mass is 10.4. The van der Waals surface area contributed by atoms with E-state index in [4.69, 9.17) is 10.2 Å². The summed E-state index contributed by atoms with van der Waals surface area (Å²) < 4.78 is 21.6. The third-order valence-corrected chi connectivity index (χ3v) is 1.24. The zero-order valence-corrected chi connectivity index (χ0v) is 7.99. The summed E-state index contributed by atoms with van der Waals surface area (Å²) >= 11 is 0. The van der Waals surface area contributed by atoms with Crippen molar-refractivity contribution in [1.29, 1.82) is 0 Å². The zero-order valence-electron chi connectivity index (χ0n) is 7.99. The summed E-state index contributed by atoms with van der Waals surface area (Å²) in [6.45, 7) is 3.07. The lowest BCUT2D eigenvalue weighted by Gasteiger charge is -2.09. The van der Waals surface area contributed by atoms with Crippen LogP contribution in [0.5, 0.6) is 0 Å². The van der Waals surface area contributed by atoms with Gasteiger partial charge in [0.2, 0.25) is 17.9 Å². The topological polar surface area (TPSA) is 76.0 Å². The number of halogens is 1. The van der Waals surface area contributed by atoms with E-state index in [9.17, 15) is 9.18 Å². The standard InChI is InChI=1S/C8H13FO5/c1-3-13-7(11)5(9)6(10)8(12)14-4-2/h7,10-11H,3-4H2,1-2H3/b6-5+. The highest BCUT2D eigenvalue weighted by atomic mass is 19.1. The molecule has 0 aromatic heterocycles. The number of hydrogen-bond acceptors (Lipinski definition) is 5. The number of carbonyl (C=O) groups is 1. The first-order chi connectivity index (χ1) is 6.54. The summed E-state index contributed by atoms with van der Waals surface area (Å²) in [7, 11) is 0. The predicted molar refractivity (Wildman–Crippen MR) is 45.0 cm³/mol. The van der Waals surface area contributed by atoms with Crippen molar-refractivity contribution in [3.05, 3.63) is 11.6 Å². The molecule has 0 aromatic rings. The van der Waals surface area contributed by atoms with Crippen LogP contribution in [-0.2, 0) is 14.3 Å². The largest absolute Gasteiger partial charge is 0.500 e. The Labute approximate surface area is 80.7 Å². The Balaban J connectivity index is 4.48. The maximum absolute atomic E-state index is 12.9. The van der Waals surface area contributed by atoms with E-state index in [0.717, 1.165) is 0 Å². The molecule has 0 spiro atoms. The Morgan fingerprint density at radius 2 is 2.00 bits per heavy atom. The van der Waals surface area contributed by atoms with Crippen molar-refractivity contribution in [2.75, 3.05) is 13.2 Å². The number of hydrogen-bond donors (Lipinski definition) is 2. The van der Waals surface area contributed by atoms with E-state index in [-0.39, 0.29) is 13.2 Å². The summed E-state index contributed by atoms with van der Waals surface area (Å²) in [6.07, 6.45) is -1.94. The van der Waals surface area contributed by atoms with Crippen LogP contribution in [-0.4, -0.2) is 35.7 Å². The molecule has 0 amide bonds. The molecule has 6 heteroatoms. The molecule has 1 unspecified atom stereocenters. The van der Waals surface area contributed by atoms with Gasteiger partial charge in [0.15, 0.2) is 0 Å². The first-order valence-electron chi connectivity index (χ1n) is 4.09. The van der Waals surface area contributed by atoms with E-state index in [1.54, 1.807) is 0 Å². The highest BCUT2D eigenvalue weighted by Crippen LogP contribution is 2.11. The molecular weight excluding hydrogens is 195 g/mol. The fourth-order valence-electron chi connectivity index (χ4n) is 0.645. The van der Waals surface area contributed by atoms with Crippen LogP contribution in [0.2, 0.25) is 0 Å². The molecule has 1 atom stereocenters. The van der Waals surface area contributed by atoms with Gasteiger partial charge >= 0.3 is 5.97 Å². The number of aliphatic hydroxyl groups excluding tert-OH is 2. The van der Waals surface area contributed by atoms with Crippen LogP contribution in [0.1, 0.15) is 13.8 Å². The molecule has 0 radical (unpaired) electrons. The second-order valence-electron chi connectivity index (χ2n) is 2.22. The second kappa shape index (κ2) is 6.33. The van der Waals surface area contributed by atoms with Crippen LogP contribution in [0.4, 0.5) is 4.39 Å². The van der Waals surface area contributed by atoms with Gasteiger partial charge in [0.1, 0.15) is 0 Å². The van der Waals surface area contributed by atoms with Crippen LogP contribution in [0.3, 0.4) is 0 Å². The summed E-state index contributed by atoms with van der Waals surface area (Å²) in [5, 5.41) is 17.8. The Morgan fingerprint density at radius 3 is 2.43 bits per heavy atom. The molecule has 2 N–H and O–H groups in total. The highest BCUT2D eigenvalue weighted by molar-refractivity contribution is 5.86. The zero-order chi connectivity index (χ0) is 11.1. The van der Waals surface area contributed by atoms with Gasteiger partial charge in [-0.2, -0.15) is 0 Å². The van der Waals surface area contributed by atoms with Gasteiger partial charge in [0.25, 0.3) is 0 Å². The van der Waals surface area contributed by atoms with Crippen LogP contribution in [0, 0.1) is 0 Å². The van der Waals surface area contributed by atoms with Gasteiger partial charge < -0.3 is 19.7 Å². The predicted octanol–water partition coefficient (Wildman–Crippen LogP) is 0.644. The number of ether oxygens (including phenoxy) is 2. The monoisotopic (exact) mass is 208 g/mol. The fourth-order valence-corrected chi connectivity index (χ4v) is 0.645. The average Bonchev–Trinajstić information content (AvgIpc) is 2.16. The van der Waals surface area contributed by atoms with Crippen LogP contribution >= 0.6 is 0 Å². The Hall–Kier alpha value is -1.14. The molecule has 0 rings (SSSR count). The van der Waals surface area contributed by atoms with Crippen molar-refractivity contribution >= 4 is 5.97 Å². The average molecular weight is 208 g/mol. The molecule has 0 aliphatic heterocycles. The van der Waals surface area contributed by atoms with Gasteiger partial charge in [0, 0.05) is 6.61 Å². The van der Waals surface area contributed by atoms with Crippen LogP contribution < -0.4 is 0 Å². The maximum Gasteiger partial charge on any atom is 0.376 e. The van der Waals surface area contributed by atoms with Gasteiger partial charge in [-0.3, -0.25) is 0 Å². The third-order valence-electron chi connectivity index (χ3n) is 1.24. The Morgan fingerprint density at radius 1 is 1.43 bits per heavy atom. The molecular formula is C8H13FO5. The third kappa shape index (κ3) is 3.71. The summed E-state index contributed by atoms with van der Waals surface area (Å²) in [6, 6.07) is 0. The normalized spacial score (nSPS) is 14.6. The van der Waals surface area contributed by atoms with E-state index < -0.39 is 23.8 Å². The molecule has 0 fully saturated rings. The molecule has 0 aliphatic carbocycles. The molecule has 14 heavy (non-hydrogen) atoms. The SMILES string of the molecule is CCOC(=O)/C(O)=C(\F)C(O)OCC. The van der Waals surface area contributed by atoms with Crippen molar-refractivity contribution < 1.29 is 28.9 Å². The number of carbonyl (C=O) groups excluding carboxylic acids is 1. The molecule has 0 aliphatic rings.